The van der Waals surface area contributed by atoms with Crippen molar-refractivity contribution in [3.8, 4) is 0 Å². The molecule has 3 unspecified atom stereocenters. The van der Waals surface area contributed by atoms with Crippen LogP contribution in [0.5, 0.6) is 0 Å². The van der Waals surface area contributed by atoms with Gasteiger partial charge in [-0.05, 0) is 55.2 Å². The summed E-state index contributed by atoms with van der Waals surface area (Å²) in [5.41, 5.74) is 1.23. The predicted molar refractivity (Wildman–Crippen MR) is 84.0 cm³/mol. The van der Waals surface area contributed by atoms with Gasteiger partial charge in [0.25, 0.3) is 0 Å². The van der Waals surface area contributed by atoms with Crippen molar-refractivity contribution in [1.82, 2.24) is 0 Å². The van der Waals surface area contributed by atoms with Crippen LogP contribution in [-0.2, 0) is 6.42 Å². The fourth-order valence-electron chi connectivity index (χ4n) is 2.88. The molecule has 0 heterocycles. The van der Waals surface area contributed by atoms with Crippen molar-refractivity contribution in [3.05, 3.63) is 33.8 Å². The monoisotopic (exact) mass is 348 g/mol. The van der Waals surface area contributed by atoms with Gasteiger partial charge < -0.3 is 0 Å². The Hall–Kier alpha value is 0.280. The van der Waals surface area contributed by atoms with Crippen molar-refractivity contribution in [2.24, 2.45) is 11.8 Å². The summed E-state index contributed by atoms with van der Waals surface area (Å²) in [6, 6.07) is 5.86. The molecular weight excluding hydrogens is 331 g/mol. The minimum Gasteiger partial charge on any atom is -0.0888 e. The van der Waals surface area contributed by atoms with Gasteiger partial charge in [-0.3, -0.25) is 0 Å². The van der Waals surface area contributed by atoms with Crippen LogP contribution in [0.25, 0.3) is 0 Å². The molecule has 1 aliphatic rings. The van der Waals surface area contributed by atoms with Crippen LogP contribution in [-0.4, -0.2) is 4.83 Å². The van der Waals surface area contributed by atoms with E-state index < -0.39 is 0 Å². The first kappa shape index (κ1) is 14.7. The molecule has 1 fully saturated rings. The summed E-state index contributed by atoms with van der Waals surface area (Å²) >= 11 is 16.0. The van der Waals surface area contributed by atoms with Gasteiger partial charge in [0.15, 0.2) is 0 Å². The van der Waals surface area contributed by atoms with Gasteiger partial charge in [0.2, 0.25) is 0 Å². The molecule has 1 aliphatic carbocycles. The smallest absolute Gasteiger partial charge is 0.0452 e. The second kappa shape index (κ2) is 6.63. The molecule has 3 atom stereocenters. The number of benzene rings is 1. The molecule has 0 radical (unpaired) electrons. The molecule has 1 saturated carbocycles. The van der Waals surface area contributed by atoms with E-state index in [1.54, 1.807) is 0 Å². The van der Waals surface area contributed by atoms with Crippen molar-refractivity contribution in [3.63, 3.8) is 0 Å². The Morgan fingerprint density at radius 1 is 1.28 bits per heavy atom. The highest BCUT2D eigenvalue weighted by Gasteiger charge is 2.28. The summed E-state index contributed by atoms with van der Waals surface area (Å²) < 4.78 is 0. The quantitative estimate of drug-likeness (QED) is 0.576. The lowest BCUT2D eigenvalue weighted by Crippen LogP contribution is -2.26. The van der Waals surface area contributed by atoms with Crippen molar-refractivity contribution in [2.45, 2.75) is 43.9 Å². The first-order valence-electron chi connectivity index (χ1n) is 6.68. The highest BCUT2D eigenvalue weighted by molar-refractivity contribution is 9.09. The van der Waals surface area contributed by atoms with Crippen molar-refractivity contribution >= 4 is 39.1 Å². The standard InChI is InChI=1S/C15H19BrCl2/c1-2-10-3-6-14(16)12(7-10)8-11-4-5-13(17)9-15(11)18/h4-5,9-10,12,14H,2-3,6-8H2,1H3. The molecule has 0 bridgehead atoms. The summed E-state index contributed by atoms with van der Waals surface area (Å²) in [6.45, 7) is 2.30. The molecule has 3 heteroatoms. The van der Waals surface area contributed by atoms with E-state index >= 15 is 0 Å². The topological polar surface area (TPSA) is 0 Å². The van der Waals surface area contributed by atoms with Crippen LogP contribution in [0.4, 0.5) is 0 Å². The zero-order valence-corrected chi connectivity index (χ0v) is 13.7. The second-order valence-corrected chi connectivity index (χ2v) is 7.32. The minimum absolute atomic E-state index is 0.632. The van der Waals surface area contributed by atoms with E-state index in [2.05, 4.69) is 28.9 Å². The van der Waals surface area contributed by atoms with E-state index in [4.69, 9.17) is 23.2 Å². The zero-order valence-electron chi connectivity index (χ0n) is 10.6. The number of halogens is 3. The van der Waals surface area contributed by atoms with Crippen LogP contribution in [0.2, 0.25) is 10.0 Å². The number of hydrogen-bond acceptors (Lipinski definition) is 0. The van der Waals surface area contributed by atoms with Crippen molar-refractivity contribution in [1.29, 1.82) is 0 Å². The molecule has 0 aliphatic heterocycles. The molecular formula is C15H19BrCl2. The first-order valence-corrected chi connectivity index (χ1v) is 8.35. The Morgan fingerprint density at radius 3 is 2.72 bits per heavy atom. The maximum Gasteiger partial charge on any atom is 0.0452 e. The van der Waals surface area contributed by atoms with E-state index in [0.717, 1.165) is 17.4 Å². The van der Waals surface area contributed by atoms with Crippen LogP contribution in [0.15, 0.2) is 18.2 Å². The summed E-state index contributed by atoms with van der Waals surface area (Å²) in [7, 11) is 0. The Balaban J connectivity index is 2.07. The number of alkyl halides is 1. The molecule has 100 valence electrons. The maximum atomic E-state index is 6.27. The van der Waals surface area contributed by atoms with Crippen LogP contribution in [0.3, 0.4) is 0 Å². The van der Waals surface area contributed by atoms with Crippen LogP contribution in [0.1, 0.15) is 38.2 Å². The van der Waals surface area contributed by atoms with Gasteiger partial charge in [-0.15, -0.1) is 0 Å². The van der Waals surface area contributed by atoms with Gasteiger partial charge in [0, 0.05) is 14.9 Å². The van der Waals surface area contributed by atoms with Crippen molar-refractivity contribution in [2.75, 3.05) is 0 Å². The largest absolute Gasteiger partial charge is 0.0888 e. The van der Waals surface area contributed by atoms with E-state index in [1.807, 2.05) is 12.1 Å². The fourth-order valence-corrected chi connectivity index (χ4v) is 4.03. The molecule has 0 spiro atoms. The molecule has 0 nitrogen and oxygen atoms in total. The second-order valence-electron chi connectivity index (χ2n) is 5.30. The molecule has 0 amide bonds. The summed E-state index contributed by atoms with van der Waals surface area (Å²) in [5.74, 6) is 1.58. The average Bonchev–Trinajstić information content (AvgIpc) is 2.35. The maximum absolute atomic E-state index is 6.27. The summed E-state index contributed by atoms with van der Waals surface area (Å²) in [4.78, 5) is 0.632. The minimum atomic E-state index is 0.632. The Bertz CT molecular complexity index is 405. The number of rotatable bonds is 3. The third kappa shape index (κ3) is 3.65. The Kier molecular flexibility index (Phi) is 5.41. The lowest BCUT2D eigenvalue weighted by Gasteiger charge is -2.33. The first-order chi connectivity index (χ1) is 8.60. The molecule has 0 saturated heterocycles. The molecule has 18 heavy (non-hydrogen) atoms. The lowest BCUT2D eigenvalue weighted by molar-refractivity contribution is 0.271. The van der Waals surface area contributed by atoms with Gasteiger partial charge in [0.05, 0.1) is 0 Å². The predicted octanol–water partition coefficient (Wildman–Crippen LogP) is 6.13. The summed E-state index contributed by atoms with van der Waals surface area (Å²) in [6.07, 6.45) is 6.31. The van der Waals surface area contributed by atoms with Crippen molar-refractivity contribution < 1.29 is 0 Å². The van der Waals surface area contributed by atoms with Gasteiger partial charge >= 0.3 is 0 Å². The highest BCUT2D eigenvalue weighted by Crippen LogP contribution is 2.38. The molecule has 0 aromatic heterocycles. The van der Waals surface area contributed by atoms with Gasteiger partial charge in [-0.1, -0.05) is 58.5 Å². The molecule has 1 aromatic carbocycles. The Morgan fingerprint density at radius 2 is 2.06 bits per heavy atom. The molecule has 2 rings (SSSR count). The highest BCUT2D eigenvalue weighted by atomic mass is 79.9. The van der Waals surface area contributed by atoms with Gasteiger partial charge in [-0.2, -0.15) is 0 Å². The normalized spacial score (nSPS) is 28.3. The fraction of sp³-hybridized carbons (Fsp3) is 0.600. The molecule has 1 aromatic rings. The number of hydrogen-bond donors (Lipinski definition) is 0. The zero-order chi connectivity index (χ0) is 13.1. The van der Waals surface area contributed by atoms with E-state index in [0.29, 0.717) is 15.8 Å². The van der Waals surface area contributed by atoms with E-state index in [-0.39, 0.29) is 0 Å². The van der Waals surface area contributed by atoms with Gasteiger partial charge in [-0.25, -0.2) is 0 Å². The van der Waals surface area contributed by atoms with E-state index in [9.17, 15) is 0 Å². The third-order valence-electron chi connectivity index (χ3n) is 4.07. The Labute approximate surface area is 128 Å². The third-order valence-corrected chi connectivity index (χ3v) is 5.87. The summed E-state index contributed by atoms with van der Waals surface area (Å²) in [5, 5.41) is 1.52. The van der Waals surface area contributed by atoms with Crippen LogP contribution >= 0.6 is 39.1 Å². The molecule has 0 N–H and O–H groups in total. The van der Waals surface area contributed by atoms with Gasteiger partial charge in [0.1, 0.15) is 0 Å². The van der Waals surface area contributed by atoms with E-state index in [1.165, 1.54) is 31.2 Å². The van der Waals surface area contributed by atoms with Crippen LogP contribution in [0, 0.1) is 11.8 Å². The van der Waals surface area contributed by atoms with Crippen LogP contribution < -0.4 is 0 Å². The average molecular weight is 350 g/mol. The lowest BCUT2D eigenvalue weighted by atomic mass is 9.77. The SMILES string of the molecule is CCC1CCC(Br)C(Cc2ccc(Cl)cc2Cl)C1.